The summed E-state index contributed by atoms with van der Waals surface area (Å²) in [4.78, 5) is 23.1. The first-order valence-electron chi connectivity index (χ1n) is 7.07. The maximum atomic E-state index is 12.1. The lowest BCUT2D eigenvalue weighted by atomic mass is 10.2. The number of hydrogen-bond donors (Lipinski definition) is 0. The zero-order chi connectivity index (χ0) is 16.1. The Morgan fingerprint density at radius 2 is 2.09 bits per heavy atom. The van der Waals surface area contributed by atoms with Gasteiger partial charge in [-0.1, -0.05) is 12.1 Å². The number of aldehydes is 1. The molecule has 5 heteroatoms. The van der Waals surface area contributed by atoms with E-state index in [0.717, 1.165) is 5.56 Å². The highest BCUT2D eigenvalue weighted by Gasteiger charge is 2.20. The lowest BCUT2D eigenvalue weighted by molar-refractivity contribution is 0.0512. The van der Waals surface area contributed by atoms with Crippen LogP contribution in [0.4, 0.5) is 0 Å². The largest absolute Gasteiger partial charge is 0.489 e. The van der Waals surface area contributed by atoms with Gasteiger partial charge in [-0.15, -0.1) is 0 Å². The molecule has 1 heterocycles. The Bertz CT molecular complexity index is 688. The number of carbonyl (C=O) groups is 2. The van der Waals surface area contributed by atoms with Gasteiger partial charge in [-0.3, -0.25) is 4.79 Å². The van der Waals surface area contributed by atoms with Crippen LogP contribution in [-0.2, 0) is 18.4 Å². The molecule has 0 aliphatic heterocycles. The highest BCUT2D eigenvalue weighted by atomic mass is 16.5. The van der Waals surface area contributed by atoms with Crippen molar-refractivity contribution in [2.24, 2.45) is 7.05 Å². The minimum Gasteiger partial charge on any atom is -0.489 e. The normalized spacial score (nSPS) is 10.3. The van der Waals surface area contributed by atoms with Gasteiger partial charge in [0, 0.05) is 12.6 Å². The van der Waals surface area contributed by atoms with E-state index in [-0.39, 0.29) is 13.2 Å². The summed E-state index contributed by atoms with van der Waals surface area (Å²) in [6.07, 6.45) is 0.707. The van der Waals surface area contributed by atoms with Gasteiger partial charge in [0.05, 0.1) is 12.3 Å². The molecular formula is C17H19NO4. The Morgan fingerprint density at radius 3 is 2.73 bits per heavy atom. The molecule has 2 aromatic rings. The molecule has 0 atom stereocenters. The van der Waals surface area contributed by atoms with Crippen LogP contribution in [0.25, 0.3) is 0 Å². The quantitative estimate of drug-likeness (QED) is 0.608. The van der Waals surface area contributed by atoms with Crippen molar-refractivity contribution in [1.29, 1.82) is 0 Å². The van der Waals surface area contributed by atoms with Gasteiger partial charge >= 0.3 is 5.97 Å². The van der Waals surface area contributed by atoms with Crippen molar-refractivity contribution >= 4 is 12.3 Å². The second-order valence-corrected chi connectivity index (χ2v) is 4.95. The standard InChI is InChI=1S/C17H19NO4/c1-4-21-17(20)16-13(9-14(10-19)18(16)3)11-22-15-7-5-6-12(2)8-15/h5-10H,4,11H2,1-3H3. The smallest absolute Gasteiger partial charge is 0.355 e. The van der Waals surface area contributed by atoms with Gasteiger partial charge in [-0.2, -0.15) is 0 Å². The fraction of sp³-hybridized carbons (Fsp3) is 0.294. The molecule has 0 bridgehead atoms. The maximum absolute atomic E-state index is 12.1. The average molecular weight is 301 g/mol. The molecular weight excluding hydrogens is 282 g/mol. The van der Waals surface area contributed by atoms with Crippen LogP contribution in [0.1, 0.15) is 39.0 Å². The van der Waals surface area contributed by atoms with E-state index in [2.05, 4.69) is 0 Å². The molecule has 0 N–H and O–H groups in total. The van der Waals surface area contributed by atoms with Crippen LogP contribution in [0, 0.1) is 6.92 Å². The Balaban J connectivity index is 2.26. The Kier molecular flexibility index (Phi) is 4.99. The third-order valence-electron chi connectivity index (χ3n) is 3.32. The molecule has 1 aromatic carbocycles. The Labute approximate surface area is 129 Å². The molecule has 116 valence electrons. The lowest BCUT2D eigenvalue weighted by Gasteiger charge is -2.09. The fourth-order valence-electron chi connectivity index (χ4n) is 2.24. The van der Waals surface area contributed by atoms with Crippen LogP contribution in [0.3, 0.4) is 0 Å². The van der Waals surface area contributed by atoms with Crippen molar-refractivity contribution in [1.82, 2.24) is 4.57 Å². The summed E-state index contributed by atoms with van der Waals surface area (Å²) < 4.78 is 12.3. The van der Waals surface area contributed by atoms with Gasteiger partial charge < -0.3 is 14.0 Å². The molecule has 0 radical (unpaired) electrons. The van der Waals surface area contributed by atoms with E-state index in [1.54, 1.807) is 20.0 Å². The van der Waals surface area contributed by atoms with Crippen molar-refractivity contribution in [2.75, 3.05) is 6.61 Å². The minimum absolute atomic E-state index is 0.194. The van der Waals surface area contributed by atoms with Crippen LogP contribution >= 0.6 is 0 Å². The fourth-order valence-corrected chi connectivity index (χ4v) is 2.24. The number of aromatic nitrogens is 1. The zero-order valence-corrected chi connectivity index (χ0v) is 13.0. The first-order chi connectivity index (χ1) is 10.6. The van der Waals surface area contributed by atoms with Crippen molar-refractivity contribution < 1.29 is 19.1 Å². The topological polar surface area (TPSA) is 57.5 Å². The first kappa shape index (κ1) is 15.8. The summed E-state index contributed by atoms with van der Waals surface area (Å²) in [5.74, 6) is 0.257. The third kappa shape index (κ3) is 3.36. The van der Waals surface area contributed by atoms with Crippen LogP contribution in [0.15, 0.2) is 30.3 Å². The van der Waals surface area contributed by atoms with Gasteiger partial charge in [-0.05, 0) is 37.6 Å². The van der Waals surface area contributed by atoms with E-state index >= 15 is 0 Å². The molecule has 0 saturated heterocycles. The van der Waals surface area contributed by atoms with Gasteiger partial charge in [0.2, 0.25) is 0 Å². The molecule has 1 aromatic heterocycles. The highest BCUT2D eigenvalue weighted by Crippen LogP contribution is 2.19. The second-order valence-electron chi connectivity index (χ2n) is 4.95. The number of rotatable bonds is 6. The molecule has 0 spiro atoms. The van der Waals surface area contributed by atoms with E-state index < -0.39 is 5.97 Å². The summed E-state index contributed by atoms with van der Waals surface area (Å²) in [5, 5.41) is 0. The van der Waals surface area contributed by atoms with E-state index in [9.17, 15) is 9.59 Å². The van der Waals surface area contributed by atoms with Gasteiger partial charge in [0.1, 0.15) is 18.1 Å². The van der Waals surface area contributed by atoms with Crippen LogP contribution in [-0.4, -0.2) is 23.4 Å². The summed E-state index contributed by atoms with van der Waals surface area (Å²) in [5.41, 5.74) is 2.47. The molecule has 22 heavy (non-hydrogen) atoms. The van der Waals surface area contributed by atoms with Gasteiger partial charge in [0.15, 0.2) is 6.29 Å². The number of ether oxygens (including phenoxy) is 2. The minimum atomic E-state index is -0.457. The Morgan fingerprint density at radius 1 is 1.32 bits per heavy atom. The van der Waals surface area contributed by atoms with Crippen molar-refractivity contribution in [2.45, 2.75) is 20.5 Å². The predicted molar refractivity (Wildman–Crippen MR) is 82.3 cm³/mol. The number of aryl methyl sites for hydroxylation is 1. The molecule has 2 rings (SSSR count). The molecule has 5 nitrogen and oxygen atoms in total. The van der Waals surface area contributed by atoms with Crippen LogP contribution in [0.5, 0.6) is 5.75 Å². The predicted octanol–water partition coefficient (Wildman–Crippen LogP) is 2.90. The highest BCUT2D eigenvalue weighted by molar-refractivity contribution is 5.91. The summed E-state index contributed by atoms with van der Waals surface area (Å²) >= 11 is 0. The average Bonchev–Trinajstić information content (AvgIpc) is 2.81. The van der Waals surface area contributed by atoms with Crippen LogP contribution < -0.4 is 4.74 Å². The molecule has 0 unspecified atom stereocenters. The monoisotopic (exact) mass is 301 g/mol. The van der Waals surface area contributed by atoms with Crippen molar-refractivity contribution in [3.05, 3.63) is 52.8 Å². The van der Waals surface area contributed by atoms with E-state index in [0.29, 0.717) is 29.0 Å². The third-order valence-corrected chi connectivity index (χ3v) is 3.32. The summed E-state index contributed by atoms with van der Waals surface area (Å²) in [6, 6.07) is 9.28. The molecule has 0 saturated carbocycles. The van der Waals surface area contributed by atoms with E-state index in [4.69, 9.17) is 9.47 Å². The van der Waals surface area contributed by atoms with Gasteiger partial charge in [-0.25, -0.2) is 4.79 Å². The van der Waals surface area contributed by atoms with Crippen molar-refractivity contribution in [3.63, 3.8) is 0 Å². The molecule has 0 aliphatic rings. The number of esters is 1. The molecule has 0 amide bonds. The second kappa shape index (κ2) is 6.93. The van der Waals surface area contributed by atoms with Crippen molar-refractivity contribution in [3.8, 4) is 5.75 Å². The van der Waals surface area contributed by atoms with Crippen LogP contribution in [0.2, 0.25) is 0 Å². The zero-order valence-electron chi connectivity index (χ0n) is 13.0. The van der Waals surface area contributed by atoms with Gasteiger partial charge in [0.25, 0.3) is 0 Å². The molecule has 0 fully saturated rings. The number of hydrogen-bond acceptors (Lipinski definition) is 4. The SMILES string of the molecule is CCOC(=O)c1c(COc2cccc(C)c2)cc(C=O)n1C. The first-order valence-corrected chi connectivity index (χ1v) is 7.07. The lowest BCUT2D eigenvalue weighted by Crippen LogP contribution is -2.14. The molecule has 0 aliphatic carbocycles. The van der Waals surface area contributed by atoms with E-state index in [1.807, 2.05) is 31.2 Å². The maximum Gasteiger partial charge on any atom is 0.355 e. The summed E-state index contributed by atoms with van der Waals surface area (Å²) in [6.45, 7) is 4.19. The number of nitrogens with zero attached hydrogens (tertiary/aromatic N) is 1. The van der Waals surface area contributed by atoms with E-state index in [1.165, 1.54) is 4.57 Å². The number of benzene rings is 1. The number of carbonyl (C=O) groups excluding carboxylic acids is 2. The Hall–Kier alpha value is -2.56. The summed E-state index contributed by atoms with van der Waals surface area (Å²) in [7, 11) is 1.66.